The summed E-state index contributed by atoms with van der Waals surface area (Å²) in [5.74, 6) is 0.422. The van der Waals surface area contributed by atoms with E-state index in [2.05, 4.69) is 12.6 Å². The molecule has 0 aliphatic carbocycles. The molecule has 3 nitrogen and oxygen atoms in total. The molecule has 1 fully saturated rings. The Morgan fingerprint density at radius 3 is 2.73 bits per heavy atom. The molecule has 0 amide bonds. The third-order valence-electron chi connectivity index (χ3n) is 2.15. The van der Waals surface area contributed by atoms with E-state index < -0.39 is 17.8 Å². The van der Waals surface area contributed by atoms with Gasteiger partial charge < -0.3 is 14.9 Å². The summed E-state index contributed by atoms with van der Waals surface area (Å²) in [7, 11) is 0. The molecule has 66 valence electrons. The highest BCUT2D eigenvalue weighted by Crippen LogP contribution is 2.26. The molecule has 4 heteroatoms. The molecule has 3 atom stereocenters. The minimum absolute atomic E-state index is 0.422. The first-order valence-corrected chi connectivity index (χ1v) is 4.34. The smallest absolute Gasteiger partial charge is 0.109 e. The maximum Gasteiger partial charge on any atom is 0.109 e. The Morgan fingerprint density at radius 1 is 1.64 bits per heavy atom. The monoisotopic (exact) mass is 178 g/mol. The lowest BCUT2D eigenvalue weighted by atomic mass is 9.92. The number of hydrogen-bond donors (Lipinski definition) is 3. The average Bonchev–Trinajstić information content (AvgIpc) is 2.00. The number of rotatable bonds is 1. The fraction of sp³-hybridized carbons (Fsp3) is 1.00. The van der Waals surface area contributed by atoms with Crippen molar-refractivity contribution in [2.24, 2.45) is 0 Å². The number of aliphatic hydroxyl groups excluding tert-OH is 2. The maximum atomic E-state index is 9.47. The SMILES string of the molecule is C[C@]1(CS)OCC[C@@H](O)[C@H]1O. The normalized spacial score (nSPS) is 45.8. The predicted octanol–water partition coefficient (Wildman–Crippen LogP) is -0.183. The van der Waals surface area contributed by atoms with Crippen molar-refractivity contribution in [3.05, 3.63) is 0 Å². The lowest BCUT2D eigenvalue weighted by Gasteiger charge is -2.40. The molecule has 0 aromatic heterocycles. The van der Waals surface area contributed by atoms with Crippen molar-refractivity contribution in [3.8, 4) is 0 Å². The fourth-order valence-electron chi connectivity index (χ4n) is 1.20. The minimum Gasteiger partial charge on any atom is -0.390 e. The molecule has 0 aromatic carbocycles. The van der Waals surface area contributed by atoms with Crippen molar-refractivity contribution in [2.45, 2.75) is 31.2 Å². The second-order valence-electron chi connectivity index (χ2n) is 3.12. The van der Waals surface area contributed by atoms with E-state index in [1.165, 1.54) is 0 Å². The molecule has 1 heterocycles. The zero-order chi connectivity index (χ0) is 8.48. The molecular formula is C7H14O3S. The summed E-state index contributed by atoms with van der Waals surface area (Å²) in [6, 6.07) is 0. The lowest BCUT2D eigenvalue weighted by Crippen LogP contribution is -2.54. The van der Waals surface area contributed by atoms with Gasteiger partial charge in [-0.15, -0.1) is 0 Å². The molecule has 11 heavy (non-hydrogen) atoms. The van der Waals surface area contributed by atoms with Crippen molar-refractivity contribution in [1.82, 2.24) is 0 Å². The third kappa shape index (κ3) is 1.69. The van der Waals surface area contributed by atoms with E-state index in [0.29, 0.717) is 18.8 Å². The average molecular weight is 178 g/mol. The van der Waals surface area contributed by atoms with Gasteiger partial charge in [-0.2, -0.15) is 12.6 Å². The summed E-state index contributed by atoms with van der Waals surface area (Å²) in [6.45, 7) is 2.25. The van der Waals surface area contributed by atoms with E-state index in [1.807, 2.05) is 0 Å². The molecule has 0 radical (unpaired) electrons. The van der Waals surface area contributed by atoms with Crippen LogP contribution in [0.25, 0.3) is 0 Å². The van der Waals surface area contributed by atoms with Gasteiger partial charge in [0.1, 0.15) is 11.7 Å². The quantitative estimate of drug-likeness (QED) is 0.488. The third-order valence-corrected chi connectivity index (χ3v) is 2.78. The van der Waals surface area contributed by atoms with Gasteiger partial charge >= 0.3 is 0 Å². The van der Waals surface area contributed by atoms with Gasteiger partial charge in [-0.05, 0) is 13.3 Å². The van der Waals surface area contributed by atoms with E-state index >= 15 is 0 Å². The topological polar surface area (TPSA) is 49.7 Å². The van der Waals surface area contributed by atoms with Crippen LogP contribution in [0.5, 0.6) is 0 Å². The Hall–Kier alpha value is 0.230. The highest BCUT2D eigenvalue weighted by atomic mass is 32.1. The molecule has 1 saturated heterocycles. The Balaban J connectivity index is 2.64. The Labute approximate surface area is 71.8 Å². The summed E-state index contributed by atoms with van der Waals surface area (Å²) in [4.78, 5) is 0. The van der Waals surface area contributed by atoms with Gasteiger partial charge in [0.05, 0.1) is 12.7 Å². The lowest BCUT2D eigenvalue weighted by molar-refractivity contribution is -0.177. The van der Waals surface area contributed by atoms with Crippen LogP contribution in [0.15, 0.2) is 0 Å². The summed E-state index contributed by atoms with van der Waals surface area (Å²) in [6.07, 6.45) is -0.973. The fourth-order valence-corrected chi connectivity index (χ4v) is 1.48. The van der Waals surface area contributed by atoms with E-state index in [1.54, 1.807) is 6.92 Å². The first kappa shape index (κ1) is 9.32. The van der Waals surface area contributed by atoms with Crippen molar-refractivity contribution in [2.75, 3.05) is 12.4 Å². The maximum absolute atomic E-state index is 9.47. The van der Waals surface area contributed by atoms with Crippen LogP contribution in [0.1, 0.15) is 13.3 Å². The molecule has 0 spiro atoms. The van der Waals surface area contributed by atoms with Gasteiger partial charge in [0.2, 0.25) is 0 Å². The van der Waals surface area contributed by atoms with E-state index in [4.69, 9.17) is 4.74 Å². The van der Waals surface area contributed by atoms with Crippen LogP contribution < -0.4 is 0 Å². The number of aliphatic hydroxyl groups is 2. The summed E-state index contributed by atoms with van der Waals surface area (Å²) < 4.78 is 5.31. The number of thiol groups is 1. The second-order valence-corrected chi connectivity index (χ2v) is 3.44. The van der Waals surface area contributed by atoms with Gasteiger partial charge in [0, 0.05) is 5.75 Å². The highest BCUT2D eigenvalue weighted by Gasteiger charge is 2.40. The van der Waals surface area contributed by atoms with Crippen LogP contribution in [0, 0.1) is 0 Å². The Morgan fingerprint density at radius 2 is 2.27 bits per heavy atom. The minimum atomic E-state index is -0.811. The van der Waals surface area contributed by atoms with Crippen LogP contribution in [0.4, 0.5) is 0 Å². The molecule has 0 saturated carbocycles. The second kappa shape index (κ2) is 3.31. The highest BCUT2D eigenvalue weighted by molar-refractivity contribution is 7.80. The largest absolute Gasteiger partial charge is 0.390 e. The van der Waals surface area contributed by atoms with Crippen molar-refractivity contribution in [1.29, 1.82) is 0 Å². The van der Waals surface area contributed by atoms with E-state index in [9.17, 15) is 10.2 Å². The van der Waals surface area contributed by atoms with Crippen molar-refractivity contribution in [3.63, 3.8) is 0 Å². The van der Waals surface area contributed by atoms with Crippen LogP contribution in [-0.2, 0) is 4.74 Å². The molecule has 1 aliphatic heterocycles. The summed E-state index contributed by atoms with van der Waals surface area (Å²) in [5, 5.41) is 18.8. The summed E-state index contributed by atoms with van der Waals surface area (Å²) in [5.41, 5.74) is -0.680. The standard InChI is InChI=1S/C7H14O3S/c1-7(4-11)6(9)5(8)2-3-10-7/h5-6,8-9,11H,2-4H2,1H3/t5-,6-,7-/m1/s1. The zero-order valence-electron chi connectivity index (χ0n) is 6.53. The van der Waals surface area contributed by atoms with Gasteiger partial charge in [0.25, 0.3) is 0 Å². The molecule has 0 unspecified atom stereocenters. The Bertz CT molecular complexity index is 142. The van der Waals surface area contributed by atoms with Gasteiger partial charge in [-0.3, -0.25) is 0 Å². The first-order valence-electron chi connectivity index (χ1n) is 3.71. The summed E-state index contributed by atoms with van der Waals surface area (Å²) >= 11 is 4.05. The van der Waals surface area contributed by atoms with E-state index in [-0.39, 0.29) is 0 Å². The molecular weight excluding hydrogens is 164 g/mol. The van der Waals surface area contributed by atoms with E-state index in [0.717, 1.165) is 0 Å². The molecule has 1 rings (SSSR count). The van der Waals surface area contributed by atoms with Gasteiger partial charge in [-0.25, -0.2) is 0 Å². The first-order chi connectivity index (χ1) is 5.10. The number of hydrogen-bond acceptors (Lipinski definition) is 4. The molecule has 0 bridgehead atoms. The molecule has 0 aromatic rings. The van der Waals surface area contributed by atoms with Crippen LogP contribution >= 0.6 is 12.6 Å². The van der Waals surface area contributed by atoms with Gasteiger partial charge in [0.15, 0.2) is 0 Å². The molecule has 1 aliphatic rings. The van der Waals surface area contributed by atoms with Crippen molar-refractivity contribution < 1.29 is 14.9 Å². The Kier molecular flexibility index (Phi) is 2.80. The van der Waals surface area contributed by atoms with Gasteiger partial charge in [-0.1, -0.05) is 0 Å². The number of ether oxygens (including phenoxy) is 1. The molecule has 2 N–H and O–H groups in total. The van der Waals surface area contributed by atoms with Crippen molar-refractivity contribution >= 4 is 12.6 Å². The predicted molar refractivity (Wildman–Crippen MR) is 44.8 cm³/mol. The van der Waals surface area contributed by atoms with Crippen LogP contribution in [0.2, 0.25) is 0 Å². The zero-order valence-corrected chi connectivity index (χ0v) is 7.42. The van der Waals surface area contributed by atoms with Crippen LogP contribution in [-0.4, -0.2) is 40.4 Å². The van der Waals surface area contributed by atoms with Crippen LogP contribution in [0.3, 0.4) is 0 Å².